The van der Waals surface area contributed by atoms with E-state index in [4.69, 9.17) is 9.84 Å². The third-order valence-electron chi connectivity index (χ3n) is 4.20. The molecule has 1 fully saturated rings. The molecule has 3 rings (SSSR count). The maximum absolute atomic E-state index is 12.4. The second-order valence-corrected chi connectivity index (χ2v) is 5.89. The van der Waals surface area contributed by atoms with Crippen LogP contribution in [0.25, 0.3) is 0 Å². The second kappa shape index (κ2) is 6.84. The number of amides is 1. The molecular weight excluding hydrogens is 290 g/mol. The van der Waals surface area contributed by atoms with Crippen molar-refractivity contribution in [3.8, 4) is 5.75 Å². The zero-order valence-corrected chi connectivity index (χ0v) is 13.2. The van der Waals surface area contributed by atoms with Gasteiger partial charge in [-0.25, -0.2) is 0 Å². The minimum Gasteiger partial charge on any atom is -0.491 e. The zero-order valence-electron chi connectivity index (χ0n) is 13.2. The zero-order chi connectivity index (χ0) is 16.2. The summed E-state index contributed by atoms with van der Waals surface area (Å²) in [6.07, 6.45) is 0.911. The van der Waals surface area contributed by atoms with Crippen LogP contribution in [0.5, 0.6) is 5.75 Å². The molecule has 1 aliphatic rings. The summed E-state index contributed by atoms with van der Waals surface area (Å²) >= 11 is 0. The van der Waals surface area contributed by atoms with E-state index in [-0.39, 0.29) is 25.0 Å². The molecule has 4 heteroatoms. The number of hydrogen-bond acceptors (Lipinski definition) is 3. The molecule has 1 aliphatic carbocycles. The average Bonchev–Trinajstić information content (AvgIpc) is 3.35. The van der Waals surface area contributed by atoms with E-state index in [1.807, 2.05) is 24.3 Å². The topological polar surface area (TPSA) is 58.6 Å². The first-order valence-corrected chi connectivity index (χ1v) is 7.89. The number of ether oxygens (including phenoxy) is 1. The average molecular weight is 311 g/mol. The van der Waals surface area contributed by atoms with Crippen molar-refractivity contribution in [3.05, 3.63) is 59.7 Å². The van der Waals surface area contributed by atoms with E-state index in [9.17, 15) is 4.79 Å². The molecule has 0 bridgehead atoms. The highest BCUT2D eigenvalue weighted by Gasteiger charge is 2.44. The van der Waals surface area contributed by atoms with Crippen LogP contribution in [0.4, 0.5) is 5.69 Å². The van der Waals surface area contributed by atoms with E-state index in [1.165, 1.54) is 11.1 Å². The first-order chi connectivity index (χ1) is 11.2. The van der Waals surface area contributed by atoms with Gasteiger partial charge in [0.2, 0.25) is 5.91 Å². The lowest BCUT2D eigenvalue weighted by Crippen LogP contribution is -2.14. The second-order valence-electron chi connectivity index (χ2n) is 5.89. The molecular formula is C19H21NO3. The Morgan fingerprint density at radius 1 is 1.22 bits per heavy atom. The Morgan fingerprint density at radius 3 is 2.65 bits per heavy atom. The fourth-order valence-corrected chi connectivity index (χ4v) is 2.86. The summed E-state index contributed by atoms with van der Waals surface area (Å²) in [7, 11) is 0. The summed E-state index contributed by atoms with van der Waals surface area (Å²) in [5.74, 6) is 1.15. The first kappa shape index (κ1) is 15.6. The van der Waals surface area contributed by atoms with Gasteiger partial charge in [0.1, 0.15) is 12.4 Å². The van der Waals surface area contributed by atoms with Crippen LogP contribution in [0.1, 0.15) is 23.5 Å². The number of aliphatic hydroxyl groups is 1. The monoisotopic (exact) mass is 311 g/mol. The summed E-state index contributed by atoms with van der Waals surface area (Å²) in [5.41, 5.74) is 3.29. The number of carbonyl (C=O) groups excluding carboxylic acids is 1. The Hall–Kier alpha value is -2.33. The Morgan fingerprint density at radius 2 is 1.96 bits per heavy atom. The van der Waals surface area contributed by atoms with Gasteiger partial charge in [-0.15, -0.1) is 0 Å². The third-order valence-corrected chi connectivity index (χ3v) is 4.20. The quantitative estimate of drug-likeness (QED) is 0.862. The molecule has 1 amide bonds. The Labute approximate surface area is 136 Å². The van der Waals surface area contributed by atoms with Crippen molar-refractivity contribution in [3.63, 3.8) is 0 Å². The van der Waals surface area contributed by atoms with Crippen molar-refractivity contribution < 1.29 is 14.6 Å². The van der Waals surface area contributed by atoms with Gasteiger partial charge in [0, 0.05) is 11.6 Å². The molecule has 0 aromatic heterocycles. The van der Waals surface area contributed by atoms with E-state index in [1.54, 1.807) is 12.1 Å². The molecule has 0 aliphatic heterocycles. The Kier molecular flexibility index (Phi) is 4.63. The number of nitrogens with one attached hydrogen (secondary N) is 1. The first-order valence-electron chi connectivity index (χ1n) is 7.89. The maximum atomic E-state index is 12.4. The molecule has 0 saturated heterocycles. The number of aliphatic hydroxyl groups excluding tert-OH is 1. The third kappa shape index (κ3) is 3.71. The maximum Gasteiger partial charge on any atom is 0.228 e. The van der Waals surface area contributed by atoms with Gasteiger partial charge in [0.15, 0.2) is 0 Å². The van der Waals surface area contributed by atoms with Gasteiger partial charge in [-0.3, -0.25) is 4.79 Å². The largest absolute Gasteiger partial charge is 0.491 e. The SMILES string of the molecule is Cc1ccccc1C1CC1C(=O)Nc1ccc(OCCO)cc1. The van der Waals surface area contributed by atoms with Gasteiger partial charge in [0.05, 0.1) is 6.61 Å². The summed E-state index contributed by atoms with van der Waals surface area (Å²) in [4.78, 5) is 12.4. The van der Waals surface area contributed by atoms with Gasteiger partial charge >= 0.3 is 0 Å². The van der Waals surface area contributed by atoms with Gasteiger partial charge in [0.25, 0.3) is 0 Å². The highest BCUT2D eigenvalue weighted by Crippen LogP contribution is 2.48. The van der Waals surface area contributed by atoms with E-state index in [0.29, 0.717) is 11.7 Å². The van der Waals surface area contributed by atoms with Crippen LogP contribution in [-0.4, -0.2) is 24.2 Å². The van der Waals surface area contributed by atoms with Crippen LogP contribution in [-0.2, 0) is 4.79 Å². The van der Waals surface area contributed by atoms with Gasteiger partial charge in [-0.05, 0) is 54.7 Å². The van der Waals surface area contributed by atoms with E-state index < -0.39 is 0 Å². The van der Waals surface area contributed by atoms with Crippen LogP contribution in [0.15, 0.2) is 48.5 Å². The van der Waals surface area contributed by atoms with Crippen LogP contribution in [0.2, 0.25) is 0 Å². The van der Waals surface area contributed by atoms with Crippen LogP contribution in [0, 0.1) is 12.8 Å². The lowest BCUT2D eigenvalue weighted by molar-refractivity contribution is -0.117. The van der Waals surface area contributed by atoms with Crippen molar-refractivity contribution in [1.82, 2.24) is 0 Å². The minimum absolute atomic E-state index is 0.0134. The lowest BCUT2D eigenvalue weighted by Gasteiger charge is -2.08. The number of hydrogen-bond donors (Lipinski definition) is 2. The molecule has 120 valence electrons. The highest BCUT2D eigenvalue weighted by molar-refractivity contribution is 5.95. The van der Waals surface area contributed by atoms with Crippen molar-refractivity contribution >= 4 is 11.6 Å². The standard InChI is InChI=1S/C19H21NO3/c1-13-4-2-3-5-16(13)17-12-18(17)19(22)20-14-6-8-15(9-7-14)23-11-10-21/h2-9,17-18,21H,10-12H2,1H3,(H,20,22). The van der Waals surface area contributed by atoms with Crippen LogP contribution < -0.4 is 10.1 Å². The Balaban J connectivity index is 1.57. The molecule has 2 aromatic carbocycles. The molecule has 4 nitrogen and oxygen atoms in total. The van der Waals surface area contributed by atoms with Gasteiger partial charge in [-0.1, -0.05) is 24.3 Å². The minimum atomic E-state index is -0.0134. The molecule has 2 atom stereocenters. The predicted molar refractivity (Wildman–Crippen MR) is 89.7 cm³/mol. The number of rotatable bonds is 6. The number of anilines is 1. The lowest BCUT2D eigenvalue weighted by atomic mass is 10.0. The van der Waals surface area contributed by atoms with E-state index in [2.05, 4.69) is 24.4 Å². The smallest absolute Gasteiger partial charge is 0.228 e. The Bertz CT molecular complexity index is 681. The molecule has 0 spiro atoms. The fourth-order valence-electron chi connectivity index (χ4n) is 2.86. The predicted octanol–water partition coefficient (Wildman–Crippen LogP) is 3.11. The number of carbonyl (C=O) groups is 1. The van der Waals surface area contributed by atoms with Gasteiger partial charge < -0.3 is 15.2 Å². The molecule has 0 radical (unpaired) electrons. The molecule has 1 saturated carbocycles. The van der Waals surface area contributed by atoms with E-state index >= 15 is 0 Å². The van der Waals surface area contributed by atoms with Crippen molar-refractivity contribution in [2.45, 2.75) is 19.3 Å². The van der Waals surface area contributed by atoms with Gasteiger partial charge in [-0.2, -0.15) is 0 Å². The summed E-state index contributed by atoms with van der Waals surface area (Å²) in [6, 6.07) is 15.5. The molecule has 0 heterocycles. The van der Waals surface area contributed by atoms with Crippen molar-refractivity contribution in [2.24, 2.45) is 5.92 Å². The number of benzene rings is 2. The molecule has 2 unspecified atom stereocenters. The van der Waals surface area contributed by atoms with E-state index in [0.717, 1.165) is 12.1 Å². The summed E-state index contributed by atoms with van der Waals surface area (Å²) in [6.45, 7) is 2.35. The normalized spacial score (nSPS) is 19.2. The highest BCUT2D eigenvalue weighted by atomic mass is 16.5. The molecule has 23 heavy (non-hydrogen) atoms. The van der Waals surface area contributed by atoms with Crippen molar-refractivity contribution in [2.75, 3.05) is 18.5 Å². The summed E-state index contributed by atoms with van der Waals surface area (Å²) in [5, 5.41) is 11.7. The fraction of sp³-hybridized carbons (Fsp3) is 0.316. The van der Waals surface area contributed by atoms with Crippen LogP contribution >= 0.6 is 0 Å². The molecule has 2 N–H and O–H groups in total. The number of aryl methyl sites for hydroxylation is 1. The van der Waals surface area contributed by atoms with Crippen LogP contribution in [0.3, 0.4) is 0 Å². The molecule has 2 aromatic rings. The summed E-state index contributed by atoms with van der Waals surface area (Å²) < 4.78 is 5.30. The van der Waals surface area contributed by atoms with Crippen molar-refractivity contribution in [1.29, 1.82) is 0 Å².